The smallest absolute Gasteiger partial charge is 0.269 e. The summed E-state index contributed by atoms with van der Waals surface area (Å²) in [5.74, 6) is 0. The highest BCUT2D eigenvalue weighted by atomic mass is 16.6. The second kappa shape index (κ2) is 6.82. The Morgan fingerprint density at radius 1 is 1.10 bits per heavy atom. The number of rotatable bonds is 6. The predicted molar refractivity (Wildman–Crippen MR) is 79.7 cm³/mol. The summed E-state index contributed by atoms with van der Waals surface area (Å²) < 4.78 is 0. The maximum Gasteiger partial charge on any atom is 0.269 e. The van der Waals surface area contributed by atoms with Gasteiger partial charge >= 0.3 is 0 Å². The molecule has 1 N–H and O–H groups in total. The molecule has 1 unspecified atom stereocenters. The summed E-state index contributed by atoms with van der Waals surface area (Å²) in [6.07, 6.45) is 0.856. The number of non-ortho nitro benzene ring substituents is 1. The zero-order valence-corrected chi connectivity index (χ0v) is 11.5. The molecule has 4 heteroatoms. The molecule has 0 saturated heterocycles. The average molecular weight is 270 g/mol. The fourth-order valence-corrected chi connectivity index (χ4v) is 2.08. The van der Waals surface area contributed by atoms with Gasteiger partial charge in [0, 0.05) is 18.2 Å². The third kappa shape index (κ3) is 3.90. The van der Waals surface area contributed by atoms with Crippen molar-refractivity contribution >= 4 is 5.69 Å². The van der Waals surface area contributed by atoms with E-state index in [0.717, 1.165) is 18.5 Å². The molecule has 2 aromatic rings. The van der Waals surface area contributed by atoms with E-state index < -0.39 is 0 Å². The predicted octanol–water partition coefficient (Wildman–Crippen LogP) is 3.49. The van der Waals surface area contributed by atoms with Gasteiger partial charge in [0.25, 0.3) is 5.69 Å². The second-order valence-corrected chi connectivity index (χ2v) is 4.76. The van der Waals surface area contributed by atoms with Crippen LogP contribution >= 0.6 is 0 Å². The molecule has 104 valence electrons. The molecule has 0 aliphatic heterocycles. The summed E-state index contributed by atoms with van der Waals surface area (Å²) in [6.45, 7) is 2.97. The largest absolute Gasteiger partial charge is 0.310 e. The van der Waals surface area contributed by atoms with Crippen molar-refractivity contribution in [3.63, 3.8) is 0 Å². The lowest BCUT2D eigenvalue weighted by Gasteiger charge is -2.14. The molecule has 0 aliphatic rings. The van der Waals surface area contributed by atoms with E-state index >= 15 is 0 Å². The fraction of sp³-hybridized carbons (Fsp3) is 0.250. The molecule has 1 atom stereocenters. The number of nitrogens with one attached hydrogen (secondary N) is 1. The molecule has 0 amide bonds. The molecule has 0 radical (unpaired) electrons. The molecular formula is C16H18N2O2. The van der Waals surface area contributed by atoms with Crippen molar-refractivity contribution in [3.8, 4) is 0 Å². The molecule has 0 bridgehead atoms. The van der Waals surface area contributed by atoms with Gasteiger partial charge in [-0.05, 0) is 31.0 Å². The van der Waals surface area contributed by atoms with Crippen molar-refractivity contribution in [1.29, 1.82) is 0 Å². The van der Waals surface area contributed by atoms with Crippen LogP contribution < -0.4 is 5.32 Å². The second-order valence-electron chi connectivity index (χ2n) is 4.76. The van der Waals surface area contributed by atoms with Crippen LogP contribution in [0.25, 0.3) is 0 Å². The Morgan fingerprint density at radius 2 is 1.75 bits per heavy atom. The van der Waals surface area contributed by atoms with Gasteiger partial charge in [0.1, 0.15) is 0 Å². The van der Waals surface area contributed by atoms with Gasteiger partial charge < -0.3 is 5.32 Å². The van der Waals surface area contributed by atoms with E-state index in [1.54, 1.807) is 12.1 Å². The van der Waals surface area contributed by atoms with E-state index in [4.69, 9.17) is 0 Å². The van der Waals surface area contributed by atoms with Crippen molar-refractivity contribution < 1.29 is 4.92 Å². The maximum absolute atomic E-state index is 10.6. The van der Waals surface area contributed by atoms with Crippen LogP contribution in [0, 0.1) is 10.1 Å². The molecule has 0 fully saturated rings. The molecule has 2 aromatic carbocycles. The summed E-state index contributed by atoms with van der Waals surface area (Å²) in [6, 6.07) is 17.3. The normalized spacial score (nSPS) is 12.1. The summed E-state index contributed by atoms with van der Waals surface area (Å²) in [5.41, 5.74) is 2.50. The van der Waals surface area contributed by atoms with Gasteiger partial charge in [-0.15, -0.1) is 0 Å². The van der Waals surface area contributed by atoms with Gasteiger partial charge in [-0.2, -0.15) is 0 Å². The van der Waals surface area contributed by atoms with Crippen LogP contribution in [0.5, 0.6) is 0 Å². The van der Waals surface area contributed by atoms with Crippen LogP contribution in [-0.2, 0) is 6.42 Å². The topological polar surface area (TPSA) is 55.2 Å². The summed E-state index contributed by atoms with van der Waals surface area (Å²) in [5, 5.41) is 14.0. The van der Waals surface area contributed by atoms with E-state index in [-0.39, 0.29) is 10.6 Å². The SMILES string of the molecule is CC(NCCc1ccc([N+](=O)[O-])cc1)c1ccccc1. The van der Waals surface area contributed by atoms with Crippen molar-refractivity contribution in [2.45, 2.75) is 19.4 Å². The Morgan fingerprint density at radius 3 is 2.35 bits per heavy atom. The van der Waals surface area contributed by atoms with Gasteiger partial charge in [-0.25, -0.2) is 0 Å². The Balaban J connectivity index is 1.82. The molecule has 0 spiro atoms. The fourth-order valence-electron chi connectivity index (χ4n) is 2.08. The molecular weight excluding hydrogens is 252 g/mol. The maximum atomic E-state index is 10.6. The molecule has 0 aromatic heterocycles. The van der Waals surface area contributed by atoms with Crippen LogP contribution in [0.2, 0.25) is 0 Å². The molecule has 20 heavy (non-hydrogen) atoms. The van der Waals surface area contributed by atoms with Gasteiger partial charge in [-0.3, -0.25) is 10.1 Å². The number of hydrogen-bond acceptors (Lipinski definition) is 3. The Bertz CT molecular complexity index is 552. The lowest BCUT2D eigenvalue weighted by Crippen LogP contribution is -2.21. The van der Waals surface area contributed by atoms with Gasteiger partial charge in [0.2, 0.25) is 0 Å². The Kier molecular flexibility index (Phi) is 4.85. The number of hydrogen-bond donors (Lipinski definition) is 1. The van der Waals surface area contributed by atoms with E-state index in [1.807, 2.05) is 30.3 Å². The molecule has 0 aliphatic carbocycles. The molecule has 0 saturated carbocycles. The third-order valence-corrected chi connectivity index (χ3v) is 3.31. The van der Waals surface area contributed by atoms with Crippen molar-refractivity contribution in [2.24, 2.45) is 0 Å². The first-order valence-electron chi connectivity index (χ1n) is 6.68. The highest BCUT2D eigenvalue weighted by Gasteiger charge is 2.05. The van der Waals surface area contributed by atoms with Gasteiger partial charge in [0.15, 0.2) is 0 Å². The zero-order chi connectivity index (χ0) is 14.4. The van der Waals surface area contributed by atoms with Crippen LogP contribution in [0.15, 0.2) is 54.6 Å². The Hall–Kier alpha value is -2.20. The third-order valence-electron chi connectivity index (χ3n) is 3.31. The van der Waals surface area contributed by atoms with Crippen LogP contribution in [0.3, 0.4) is 0 Å². The highest BCUT2D eigenvalue weighted by molar-refractivity contribution is 5.33. The standard InChI is InChI=1S/C16H18N2O2/c1-13(15-5-3-2-4-6-15)17-12-11-14-7-9-16(10-8-14)18(19)20/h2-10,13,17H,11-12H2,1H3. The average Bonchev–Trinajstić information content (AvgIpc) is 2.48. The summed E-state index contributed by atoms with van der Waals surface area (Å²) >= 11 is 0. The van der Waals surface area contributed by atoms with Crippen LogP contribution in [-0.4, -0.2) is 11.5 Å². The number of nitro groups is 1. The molecule has 0 heterocycles. The quantitative estimate of drug-likeness (QED) is 0.645. The van der Waals surface area contributed by atoms with Gasteiger partial charge in [0.05, 0.1) is 4.92 Å². The van der Waals surface area contributed by atoms with Crippen molar-refractivity contribution in [2.75, 3.05) is 6.54 Å². The minimum absolute atomic E-state index is 0.138. The van der Waals surface area contributed by atoms with Crippen LogP contribution in [0.1, 0.15) is 24.1 Å². The first-order chi connectivity index (χ1) is 9.66. The number of nitro benzene ring substituents is 1. The summed E-state index contributed by atoms with van der Waals surface area (Å²) in [4.78, 5) is 10.2. The minimum atomic E-state index is -0.375. The van der Waals surface area contributed by atoms with E-state index in [1.165, 1.54) is 5.56 Å². The minimum Gasteiger partial charge on any atom is -0.310 e. The Labute approximate surface area is 118 Å². The first kappa shape index (κ1) is 14.2. The van der Waals surface area contributed by atoms with E-state index in [2.05, 4.69) is 24.4 Å². The summed E-state index contributed by atoms with van der Waals surface area (Å²) in [7, 11) is 0. The van der Waals surface area contributed by atoms with E-state index in [0.29, 0.717) is 6.04 Å². The van der Waals surface area contributed by atoms with Crippen molar-refractivity contribution in [3.05, 3.63) is 75.8 Å². The molecule has 4 nitrogen and oxygen atoms in total. The monoisotopic (exact) mass is 270 g/mol. The lowest BCUT2D eigenvalue weighted by molar-refractivity contribution is -0.384. The zero-order valence-electron chi connectivity index (χ0n) is 11.5. The highest BCUT2D eigenvalue weighted by Crippen LogP contribution is 2.13. The first-order valence-corrected chi connectivity index (χ1v) is 6.68. The lowest BCUT2D eigenvalue weighted by atomic mass is 10.1. The molecule has 2 rings (SSSR count). The van der Waals surface area contributed by atoms with E-state index in [9.17, 15) is 10.1 Å². The number of nitrogens with zero attached hydrogens (tertiary/aromatic N) is 1. The van der Waals surface area contributed by atoms with Crippen LogP contribution in [0.4, 0.5) is 5.69 Å². The number of benzene rings is 2. The van der Waals surface area contributed by atoms with Gasteiger partial charge in [-0.1, -0.05) is 42.5 Å². The van der Waals surface area contributed by atoms with Crippen molar-refractivity contribution in [1.82, 2.24) is 5.32 Å².